The van der Waals surface area contributed by atoms with Crippen LogP contribution in [0.5, 0.6) is 0 Å². The van der Waals surface area contributed by atoms with Crippen molar-refractivity contribution in [1.82, 2.24) is 0 Å². The van der Waals surface area contributed by atoms with E-state index in [1.165, 1.54) is 12.1 Å². The summed E-state index contributed by atoms with van der Waals surface area (Å²) >= 11 is 0. The lowest BCUT2D eigenvalue weighted by Crippen LogP contribution is -2.23. The first-order chi connectivity index (χ1) is 7.58. The molecule has 1 aliphatic rings. The Hall–Kier alpha value is -1.56. The van der Waals surface area contributed by atoms with E-state index in [9.17, 15) is 13.2 Å². The fraction of sp³-hybridized carbons (Fsp3) is 0.300. The van der Waals surface area contributed by atoms with Crippen molar-refractivity contribution in [3.63, 3.8) is 0 Å². The molecule has 1 aromatic carbocycles. The number of ether oxygens (including phenoxy) is 2. The molecule has 0 bridgehead atoms. The van der Waals surface area contributed by atoms with E-state index in [4.69, 9.17) is 0 Å². The lowest BCUT2D eigenvalue weighted by Gasteiger charge is -2.07. The van der Waals surface area contributed by atoms with Crippen molar-refractivity contribution in [2.45, 2.75) is 11.0 Å². The summed E-state index contributed by atoms with van der Waals surface area (Å²) in [6.45, 7) is -0.00903. The number of hydrogen-bond donors (Lipinski definition) is 0. The number of carbonyl (C=O) groups excluding carboxylic acids is 1. The minimum absolute atomic E-state index is 0.00903. The molecule has 86 valence electrons. The van der Waals surface area contributed by atoms with Gasteiger partial charge in [-0.3, -0.25) is 0 Å². The molecular weight excluding hydrogens is 232 g/mol. The summed E-state index contributed by atoms with van der Waals surface area (Å²) in [5.41, 5.74) is 0. The zero-order valence-corrected chi connectivity index (χ0v) is 9.14. The summed E-state index contributed by atoms with van der Waals surface area (Å²) in [5.74, 6) is -0.247. The molecule has 16 heavy (non-hydrogen) atoms. The summed E-state index contributed by atoms with van der Waals surface area (Å²) in [4.78, 5) is 10.9. The molecule has 0 radical (unpaired) electrons. The summed E-state index contributed by atoms with van der Waals surface area (Å²) < 4.78 is 32.9. The maximum Gasteiger partial charge on any atom is 0.508 e. The van der Waals surface area contributed by atoms with Crippen LogP contribution in [0.4, 0.5) is 4.79 Å². The third-order valence-electron chi connectivity index (χ3n) is 2.16. The van der Waals surface area contributed by atoms with Crippen molar-refractivity contribution in [3.8, 4) is 0 Å². The molecule has 5 nitrogen and oxygen atoms in total. The molecule has 2 rings (SSSR count). The molecule has 6 heteroatoms. The second-order valence-corrected chi connectivity index (χ2v) is 5.43. The molecule has 1 saturated heterocycles. The third kappa shape index (κ3) is 2.33. The zero-order chi connectivity index (χ0) is 11.6. The molecule has 1 fully saturated rings. The molecule has 0 aromatic heterocycles. The molecule has 1 atom stereocenters. The van der Waals surface area contributed by atoms with Crippen LogP contribution >= 0.6 is 0 Å². The van der Waals surface area contributed by atoms with Gasteiger partial charge in [-0.15, -0.1) is 0 Å². The van der Waals surface area contributed by atoms with Crippen LogP contribution in [0, 0.1) is 0 Å². The Kier molecular flexibility index (Phi) is 2.82. The Morgan fingerprint density at radius 1 is 1.25 bits per heavy atom. The lowest BCUT2D eigenvalue weighted by molar-refractivity contribution is 0.122. The maximum absolute atomic E-state index is 11.8. The third-order valence-corrected chi connectivity index (χ3v) is 3.96. The average Bonchev–Trinajstić information content (AvgIpc) is 2.64. The van der Waals surface area contributed by atoms with Crippen molar-refractivity contribution in [3.05, 3.63) is 30.3 Å². The number of sulfone groups is 1. The van der Waals surface area contributed by atoms with E-state index < -0.39 is 22.1 Å². The van der Waals surface area contributed by atoms with E-state index in [1.54, 1.807) is 18.2 Å². The first-order valence-electron chi connectivity index (χ1n) is 4.69. The highest BCUT2D eigenvalue weighted by molar-refractivity contribution is 7.91. The van der Waals surface area contributed by atoms with Gasteiger partial charge in [0.2, 0.25) is 0 Å². The molecule has 1 aliphatic heterocycles. The van der Waals surface area contributed by atoms with Gasteiger partial charge in [0.15, 0.2) is 15.9 Å². The van der Waals surface area contributed by atoms with E-state index in [1.807, 2.05) is 0 Å². The zero-order valence-electron chi connectivity index (χ0n) is 8.33. The fourth-order valence-electron chi connectivity index (χ4n) is 1.42. The molecule has 0 aliphatic carbocycles. The van der Waals surface area contributed by atoms with Crippen molar-refractivity contribution < 1.29 is 22.7 Å². The topological polar surface area (TPSA) is 69.7 Å². The smallest absolute Gasteiger partial charge is 0.430 e. The van der Waals surface area contributed by atoms with Crippen molar-refractivity contribution in [1.29, 1.82) is 0 Å². The van der Waals surface area contributed by atoms with E-state index in [0.717, 1.165) is 0 Å². The van der Waals surface area contributed by atoms with E-state index in [0.29, 0.717) is 0 Å². The Morgan fingerprint density at radius 3 is 2.50 bits per heavy atom. The largest absolute Gasteiger partial charge is 0.508 e. The van der Waals surface area contributed by atoms with Crippen molar-refractivity contribution in [2.24, 2.45) is 0 Å². The summed E-state index contributed by atoms with van der Waals surface area (Å²) in [6.07, 6.45) is -1.52. The van der Waals surface area contributed by atoms with E-state index >= 15 is 0 Å². The molecule has 0 amide bonds. The monoisotopic (exact) mass is 242 g/mol. The summed E-state index contributed by atoms with van der Waals surface area (Å²) in [5, 5.41) is 0. The fourth-order valence-corrected chi connectivity index (χ4v) is 2.83. The van der Waals surface area contributed by atoms with Gasteiger partial charge in [0.25, 0.3) is 0 Å². The van der Waals surface area contributed by atoms with E-state index in [-0.39, 0.29) is 17.3 Å². The van der Waals surface area contributed by atoms with Crippen LogP contribution in [-0.4, -0.2) is 33.0 Å². The van der Waals surface area contributed by atoms with Gasteiger partial charge in [-0.05, 0) is 12.1 Å². The van der Waals surface area contributed by atoms with Crippen LogP contribution in [-0.2, 0) is 19.3 Å². The predicted octanol–water partition coefficient (Wildman–Crippen LogP) is 0.996. The average molecular weight is 242 g/mol. The molecule has 1 aromatic rings. The van der Waals surface area contributed by atoms with Gasteiger partial charge < -0.3 is 9.47 Å². The Labute approximate surface area is 92.9 Å². The highest BCUT2D eigenvalue weighted by Gasteiger charge is 2.30. The number of cyclic esters (lactones) is 2. The molecule has 1 unspecified atom stereocenters. The van der Waals surface area contributed by atoms with Gasteiger partial charge in [-0.25, -0.2) is 13.2 Å². The Morgan fingerprint density at radius 2 is 1.94 bits per heavy atom. The van der Waals surface area contributed by atoms with Crippen molar-refractivity contribution >= 4 is 16.0 Å². The maximum atomic E-state index is 11.8. The first kappa shape index (κ1) is 10.9. The minimum Gasteiger partial charge on any atom is -0.430 e. The second kappa shape index (κ2) is 4.13. The van der Waals surface area contributed by atoms with Gasteiger partial charge in [0, 0.05) is 0 Å². The van der Waals surface area contributed by atoms with Crippen LogP contribution in [0.1, 0.15) is 0 Å². The number of benzene rings is 1. The van der Waals surface area contributed by atoms with Crippen LogP contribution in [0.15, 0.2) is 35.2 Å². The number of carbonyl (C=O) groups is 1. The van der Waals surface area contributed by atoms with Crippen LogP contribution < -0.4 is 0 Å². The SMILES string of the molecule is O=C1OCC(CS(=O)(=O)c2ccccc2)O1. The van der Waals surface area contributed by atoms with Gasteiger partial charge in [-0.2, -0.15) is 0 Å². The van der Waals surface area contributed by atoms with Crippen LogP contribution in [0.3, 0.4) is 0 Å². The number of rotatable bonds is 3. The van der Waals surface area contributed by atoms with Crippen molar-refractivity contribution in [2.75, 3.05) is 12.4 Å². The highest BCUT2D eigenvalue weighted by Crippen LogP contribution is 2.15. The Balaban J connectivity index is 2.12. The highest BCUT2D eigenvalue weighted by atomic mass is 32.2. The Bertz CT molecular complexity index is 479. The van der Waals surface area contributed by atoms with Gasteiger partial charge >= 0.3 is 6.16 Å². The molecule has 0 N–H and O–H groups in total. The molecule has 0 spiro atoms. The van der Waals surface area contributed by atoms with E-state index in [2.05, 4.69) is 9.47 Å². The summed E-state index contributed by atoms with van der Waals surface area (Å²) in [6, 6.07) is 8.03. The van der Waals surface area contributed by atoms with Gasteiger partial charge in [0.05, 0.1) is 10.6 Å². The molecule has 0 saturated carbocycles. The van der Waals surface area contributed by atoms with Gasteiger partial charge in [0.1, 0.15) is 6.61 Å². The normalized spacial score (nSPS) is 20.2. The molecular formula is C10H10O5S. The standard InChI is InChI=1S/C10H10O5S/c11-10-14-6-8(15-10)7-16(12,13)9-4-2-1-3-5-9/h1-5,8H,6-7H2. The summed E-state index contributed by atoms with van der Waals surface area (Å²) in [7, 11) is -3.42. The second-order valence-electron chi connectivity index (χ2n) is 3.40. The van der Waals surface area contributed by atoms with Gasteiger partial charge in [-0.1, -0.05) is 18.2 Å². The molecule has 1 heterocycles. The van der Waals surface area contributed by atoms with Crippen LogP contribution in [0.2, 0.25) is 0 Å². The van der Waals surface area contributed by atoms with Crippen LogP contribution in [0.25, 0.3) is 0 Å². The first-order valence-corrected chi connectivity index (χ1v) is 6.34. The predicted molar refractivity (Wildman–Crippen MR) is 54.7 cm³/mol. The quantitative estimate of drug-likeness (QED) is 0.739. The minimum atomic E-state index is -3.42. The number of hydrogen-bond acceptors (Lipinski definition) is 5. The lowest BCUT2D eigenvalue weighted by atomic mass is 10.4.